The molecule has 2 nitrogen and oxygen atoms in total. The zero-order valence-electron chi connectivity index (χ0n) is 10.9. The van der Waals surface area contributed by atoms with Gasteiger partial charge in [-0.2, -0.15) is 30.2 Å². The minimum absolute atomic E-state index is 0.0322. The van der Waals surface area contributed by atoms with E-state index in [-0.39, 0.29) is 10.3 Å². The molecule has 0 aliphatic rings. The van der Waals surface area contributed by atoms with Gasteiger partial charge in [0, 0.05) is 17.0 Å². The van der Waals surface area contributed by atoms with Crippen LogP contribution < -0.4 is 5.32 Å². The molecule has 0 bridgehead atoms. The molecule has 0 radical (unpaired) electrons. The van der Waals surface area contributed by atoms with Gasteiger partial charge in [-0.1, -0.05) is 0 Å². The van der Waals surface area contributed by atoms with Crippen LogP contribution in [0.15, 0.2) is 18.2 Å². The number of hydrogen-bond acceptors (Lipinski definition) is 3. The van der Waals surface area contributed by atoms with Gasteiger partial charge in [0.15, 0.2) is 0 Å². The van der Waals surface area contributed by atoms with Crippen LogP contribution in [-0.2, 0) is 6.18 Å². The standard InChI is InChI=1S/C13H15F3N2S/c1-12(2,19-3)8-18-10-4-5-11(13(14,15)16)9(6-10)7-17/h4-6,18H,8H2,1-3H3. The molecule has 0 unspecified atom stereocenters. The summed E-state index contributed by atoms with van der Waals surface area (Å²) in [5.74, 6) is 0. The summed E-state index contributed by atoms with van der Waals surface area (Å²) in [5.41, 5.74) is -0.740. The van der Waals surface area contributed by atoms with E-state index in [0.717, 1.165) is 6.07 Å². The second-order valence-corrected chi connectivity index (χ2v) is 6.20. The molecule has 1 rings (SSSR count). The molecule has 0 amide bonds. The molecule has 104 valence electrons. The van der Waals surface area contributed by atoms with Gasteiger partial charge in [-0.15, -0.1) is 0 Å². The van der Waals surface area contributed by atoms with Crippen LogP contribution in [0.3, 0.4) is 0 Å². The smallest absolute Gasteiger partial charge is 0.384 e. The average molecular weight is 288 g/mol. The molecule has 0 aliphatic carbocycles. The van der Waals surface area contributed by atoms with Crippen molar-refractivity contribution >= 4 is 17.4 Å². The largest absolute Gasteiger partial charge is 0.417 e. The van der Waals surface area contributed by atoms with Gasteiger partial charge < -0.3 is 5.32 Å². The van der Waals surface area contributed by atoms with E-state index in [1.54, 1.807) is 17.8 Å². The molecule has 1 N–H and O–H groups in total. The maximum Gasteiger partial charge on any atom is 0.417 e. The molecule has 0 aromatic heterocycles. The van der Waals surface area contributed by atoms with Crippen molar-refractivity contribution < 1.29 is 13.2 Å². The van der Waals surface area contributed by atoms with Crippen LogP contribution in [-0.4, -0.2) is 17.5 Å². The summed E-state index contributed by atoms with van der Waals surface area (Å²) in [6, 6.07) is 5.11. The molecule has 0 saturated heterocycles. The van der Waals surface area contributed by atoms with Crippen molar-refractivity contribution in [2.24, 2.45) is 0 Å². The molecular weight excluding hydrogens is 273 g/mol. The summed E-state index contributed by atoms with van der Waals surface area (Å²) >= 11 is 1.66. The topological polar surface area (TPSA) is 35.8 Å². The van der Waals surface area contributed by atoms with Crippen LogP contribution in [0.4, 0.5) is 18.9 Å². The Morgan fingerprint density at radius 2 is 1.95 bits per heavy atom. The first kappa shape index (κ1) is 15.7. The molecule has 0 atom stereocenters. The minimum Gasteiger partial charge on any atom is -0.384 e. The first-order valence-corrected chi connectivity index (χ1v) is 6.82. The van der Waals surface area contributed by atoms with Crippen molar-refractivity contribution in [2.75, 3.05) is 18.1 Å². The third-order valence-electron chi connectivity index (χ3n) is 2.72. The van der Waals surface area contributed by atoms with Crippen molar-refractivity contribution in [3.63, 3.8) is 0 Å². The second-order valence-electron chi connectivity index (χ2n) is 4.69. The molecule has 19 heavy (non-hydrogen) atoms. The molecule has 0 saturated carbocycles. The normalized spacial score (nSPS) is 12.1. The number of rotatable bonds is 4. The summed E-state index contributed by atoms with van der Waals surface area (Å²) in [5, 5.41) is 11.8. The van der Waals surface area contributed by atoms with Crippen molar-refractivity contribution in [3.05, 3.63) is 29.3 Å². The summed E-state index contributed by atoms with van der Waals surface area (Å²) in [6.45, 7) is 4.66. The zero-order chi connectivity index (χ0) is 14.7. The van der Waals surface area contributed by atoms with Crippen molar-refractivity contribution in [1.29, 1.82) is 5.26 Å². The number of benzene rings is 1. The highest BCUT2D eigenvalue weighted by atomic mass is 32.2. The van der Waals surface area contributed by atoms with E-state index < -0.39 is 11.7 Å². The monoisotopic (exact) mass is 288 g/mol. The lowest BCUT2D eigenvalue weighted by molar-refractivity contribution is -0.137. The van der Waals surface area contributed by atoms with E-state index >= 15 is 0 Å². The minimum atomic E-state index is -4.50. The van der Waals surface area contributed by atoms with E-state index in [9.17, 15) is 13.2 Å². The third kappa shape index (κ3) is 4.35. The molecule has 6 heteroatoms. The Morgan fingerprint density at radius 3 is 2.42 bits per heavy atom. The van der Waals surface area contributed by atoms with Crippen molar-refractivity contribution in [3.8, 4) is 6.07 Å². The zero-order valence-corrected chi connectivity index (χ0v) is 11.7. The van der Waals surface area contributed by atoms with Crippen molar-refractivity contribution in [2.45, 2.75) is 24.8 Å². The summed E-state index contributed by atoms with van der Waals surface area (Å²) in [7, 11) is 0. The molecule has 1 aromatic carbocycles. The molecule has 0 fully saturated rings. The maximum absolute atomic E-state index is 12.6. The molecule has 0 spiro atoms. The maximum atomic E-state index is 12.6. The fourth-order valence-corrected chi connectivity index (χ4v) is 1.60. The quantitative estimate of drug-likeness (QED) is 0.905. The van der Waals surface area contributed by atoms with Gasteiger partial charge in [-0.25, -0.2) is 0 Å². The number of nitrogens with zero attached hydrogens (tertiary/aromatic N) is 1. The van der Waals surface area contributed by atoms with Gasteiger partial charge >= 0.3 is 6.18 Å². The Morgan fingerprint density at radius 1 is 1.32 bits per heavy atom. The van der Waals surface area contributed by atoms with E-state index in [1.165, 1.54) is 12.1 Å². The molecular formula is C13H15F3N2S. The number of anilines is 1. The number of thioether (sulfide) groups is 1. The number of hydrogen-bond donors (Lipinski definition) is 1. The van der Waals surface area contributed by atoms with Gasteiger partial charge in [-0.3, -0.25) is 0 Å². The average Bonchev–Trinajstić information content (AvgIpc) is 2.35. The Hall–Kier alpha value is -1.35. The Kier molecular flexibility index (Phi) is 4.75. The van der Waals surface area contributed by atoms with E-state index in [4.69, 9.17) is 5.26 Å². The van der Waals surface area contributed by atoms with E-state index in [0.29, 0.717) is 12.2 Å². The summed E-state index contributed by atoms with van der Waals surface area (Å²) in [6.07, 6.45) is -2.53. The van der Waals surface area contributed by atoms with Gasteiger partial charge in [0.05, 0.1) is 17.2 Å². The Labute approximate surface area is 115 Å². The predicted molar refractivity (Wildman–Crippen MR) is 72.2 cm³/mol. The molecule has 1 aromatic rings. The van der Waals surface area contributed by atoms with E-state index in [2.05, 4.69) is 5.32 Å². The van der Waals surface area contributed by atoms with Crippen LogP contribution in [0.25, 0.3) is 0 Å². The first-order chi connectivity index (χ1) is 8.69. The van der Waals surface area contributed by atoms with Gasteiger partial charge in [0.1, 0.15) is 0 Å². The SMILES string of the molecule is CSC(C)(C)CNc1ccc(C(F)(F)F)c(C#N)c1. The Bertz CT molecular complexity index is 490. The second kappa shape index (κ2) is 5.74. The highest BCUT2D eigenvalue weighted by molar-refractivity contribution is 7.99. The van der Waals surface area contributed by atoms with Crippen LogP contribution in [0.2, 0.25) is 0 Å². The third-order valence-corrected chi connectivity index (χ3v) is 3.97. The first-order valence-electron chi connectivity index (χ1n) is 5.60. The summed E-state index contributed by atoms with van der Waals surface area (Å²) < 4.78 is 37.8. The van der Waals surface area contributed by atoms with Gasteiger partial charge in [0.2, 0.25) is 0 Å². The highest BCUT2D eigenvalue weighted by Crippen LogP contribution is 2.33. The molecule has 0 aliphatic heterocycles. The predicted octanol–water partition coefficient (Wildman–Crippen LogP) is 4.13. The summed E-state index contributed by atoms with van der Waals surface area (Å²) in [4.78, 5) is 0. The Balaban J connectivity index is 2.93. The number of nitrogens with one attached hydrogen (secondary N) is 1. The van der Waals surface area contributed by atoms with Crippen LogP contribution in [0, 0.1) is 11.3 Å². The van der Waals surface area contributed by atoms with Crippen LogP contribution in [0.5, 0.6) is 0 Å². The highest BCUT2D eigenvalue weighted by Gasteiger charge is 2.33. The lowest BCUT2D eigenvalue weighted by Gasteiger charge is -2.23. The van der Waals surface area contributed by atoms with Gasteiger partial charge in [-0.05, 0) is 38.3 Å². The van der Waals surface area contributed by atoms with Crippen molar-refractivity contribution in [1.82, 2.24) is 0 Å². The lowest BCUT2D eigenvalue weighted by atomic mass is 10.1. The fraction of sp³-hybridized carbons (Fsp3) is 0.462. The lowest BCUT2D eigenvalue weighted by Crippen LogP contribution is -2.25. The number of alkyl halides is 3. The fourth-order valence-electron chi connectivity index (χ4n) is 1.38. The van der Waals surface area contributed by atoms with E-state index in [1.807, 2.05) is 20.1 Å². The van der Waals surface area contributed by atoms with Crippen LogP contribution in [0.1, 0.15) is 25.0 Å². The number of nitriles is 1. The van der Waals surface area contributed by atoms with Crippen LogP contribution >= 0.6 is 11.8 Å². The molecule has 0 heterocycles. The van der Waals surface area contributed by atoms with Gasteiger partial charge in [0.25, 0.3) is 0 Å². The number of halogens is 3.